The second-order valence-electron chi connectivity index (χ2n) is 6.81. The second-order valence-corrected chi connectivity index (χ2v) is 6.81. The van der Waals surface area contributed by atoms with Gasteiger partial charge in [0, 0.05) is 5.92 Å². The van der Waals surface area contributed by atoms with Crippen molar-refractivity contribution in [3.63, 3.8) is 0 Å². The minimum absolute atomic E-state index is 0.0406. The largest absolute Gasteiger partial charge is 0.480 e. The number of aliphatic carboxylic acids is 1. The summed E-state index contributed by atoms with van der Waals surface area (Å²) in [5.74, 6) is -1.60. The van der Waals surface area contributed by atoms with Gasteiger partial charge in [-0.15, -0.1) is 0 Å². The number of carboxylic acids is 1. The predicted octanol–water partition coefficient (Wildman–Crippen LogP) is 3.73. The van der Waals surface area contributed by atoms with Crippen molar-refractivity contribution in [3.05, 3.63) is 59.7 Å². The summed E-state index contributed by atoms with van der Waals surface area (Å²) in [6.45, 7) is 2.23. The van der Waals surface area contributed by atoms with Crippen LogP contribution in [0.1, 0.15) is 30.9 Å². The number of ether oxygens (including phenoxy) is 1. The smallest absolute Gasteiger partial charge is 0.407 e. The maximum atomic E-state index is 13.9. The summed E-state index contributed by atoms with van der Waals surface area (Å²) in [6, 6.07) is 14.0. The fraction of sp³-hybridized carbons (Fsp3) is 0.300. The Balaban J connectivity index is 1.74. The lowest BCUT2D eigenvalue weighted by atomic mass is 9.98. The number of carboxylic acid groups (broad SMARTS) is 1. The van der Waals surface area contributed by atoms with Crippen molar-refractivity contribution in [2.45, 2.75) is 31.5 Å². The molecule has 1 aliphatic rings. The third kappa shape index (κ3) is 3.40. The molecule has 1 aliphatic carbocycles. The third-order valence-corrected chi connectivity index (χ3v) is 4.54. The number of carbonyl (C=O) groups excluding carboxylic acids is 1. The zero-order valence-corrected chi connectivity index (χ0v) is 14.5. The van der Waals surface area contributed by atoms with Crippen LogP contribution in [0.5, 0.6) is 0 Å². The molecule has 2 aromatic carbocycles. The highest BCUT2D eigenvalue weighted by Crippen LogP contribution is 2.44. The molecular weight excluding hydrogens is 337 g/mol. The molecule has 136 valence electrons. The average molecular weight is 357 g/mol. The molecular formula is C20H20FNO4. The van der Waals surface area contributed by atoms with Crippen molar-refractivity contribution >= 4 is 12.1 Å². The predicted molar refractivity (Wildman–Crippen MR) is 94.8 cm³/mol. The van der Waals surface area contributed by atoms with Crippen LogP contribution in [0.25, 0.3) is 11.1 Å². The standard InChI is InChI=1S/C20H20FNO4/c1-20(2,21)17(18(23)24)22-19(25)26-11-16-14-9-5-3-7-12(14)13-8-4-6-10-15(13)16/h3-10,16-17H,11H2,1-2H3,(H,22,25)(H,23,24). The number of hydrogen-bond acceptors (Lipinski definition) is 3. The Morgan fingerprint density at radius 1 is 1.12 bits per heavy atom. The molecule has 5 nitrogen and oxygen atoms in total. The van der Waals surface area contributed by atoms with Gasteiger partial charge in [-0.2, -0.15) is 0 Å². The van der Waals surface area contributed by atoms with E-state index in [0.29, 0.717) is 0 Å². The van der Waals surface area contributed by atoms with Crippen LogP contribution in [-0.2, 0) is 9.53 Å². The minimum atomic E-state index is -2.11. The summed E-state index contributed by atoms with van der Waals surface area (Å²) in [5, 5.41) is 11.2. The Kier molecular flexibility index (Phi) is 4.68. The number of carbonyl (C=O) groups is 2. The monoisotopic (exact) mass is 357 g/mol. The van der Waals surface area contributed by atoms with Crippen LogP contribution in [0.4, 0.5) is 9.18 Å². The van der Waals surface area contributed by atoms with Gasteiger partial charge in [0.1, 0.15) is 12.3 Å². The number of fused-ring (bicyclic) bond motifs is 3. The number of amides is 1. The highest BCUT2D eigenvalue weighted by atomic mass is 19.1. The number of halogens is 1. The SMILES string of the molecule is CC(C)(F)C(NC(=O)OCC1c2ccccc2-c2ccccc21)C(=O)O. The van der Waals surface area contributed by atoms with E-state index < -0.39 is 23.8 Å². The van der Waals surface area contributed by atoms with Crippen molar-refractivity contribution < 1.29 is 23.8 Å². The van der Waals surface area contributed by atoms with Crippen molar-refractivity contribution in [1.29, 1.82) is 0 Å². The zero-order valence-electron chi connectivity index (χ0n) is 14.5. The molecule has 1 unspecified atom stereocenters. The summed E-state index contributed by atoms with van der Waals surface area (Å²) in [5.41, 5.74) is 2.15. The normalized spacial score (nSPS) is 14.3. The van der Waals surface area contributed by atoms with Gasteiger partial charge in [0.25, 0.3) is 0 Å². The topological polar surface area (TPSA) is 75.6 Å². The van der Waals surface area contributed by atoms with E-state index in [2.05, 4.69) is 5.32 Å². The van der Waals surface area contributed by atoms with Gasteiger partial charge < -0.3 is 15.2 Å². The van der Waals surface area contributed by atoms with E-state index in [9.17, 15) is 14.0 Å². The lowest BCUT2D eigenvalue weighted by Gasteiger charge is -2.24. The maximum Gasteiger partial charge on any atom is 0.407 e. The average Bonchev–Trinajstić information content (AvgIpc) is 2.91. The van der Waals surface area contributed by atoms with Gasteiger partial charge in [0.05, 0.1) is 0 Å². The molecule has 0 saturated carbocycles. The van der Waals surface area contributed by atoms with Crippen molar-refractivity contribution in [3.8, 4) is 11.1 Å². The number of alkyl halides is 1. The maximum absolute atomic E-state index is 13.9. The molecule has 0 aromatic heterocycles. The van der Waals surface area contributed by atoms with Gasteiger partial charge in [0.2, 0.25) is 0 Å². The zero-order chi connectivity index (χ0) is 18.9. The van der Waals surface area contributed by atoms with E-state index >= 15 is 0 Å². The molecule has 26 heavy (non-hydrogen) atoms. The molecule has 0 bridgehead atoms. The third-order valence-electron chi connectivity index (χ3n) is 4.54. The Morgan fingerprint density at radius 2 is 1.62 bits per heavy atom. The molecule has 1 atom stereocenters. The highest BCUT2D eigenvalue weighted by molar-refractivity contribution is 5.82. The first-order valence-corrected chi connectivity index (χ1v) is 8.32. The second kappa shape index (κ2) is 6.78. The van der Waals surface area contributed by atoms with Gasteiger partial charge >= 0.3 is 12.1 Å². The molecule has 0 saturated heterocycles. The van der Waals surface area contributed by atoms with Crippen molar-refractivity contribution in [1.82, 2.24) is 5.32 Å². The summed E-state index contributed by atoms with van der Waals surface area (Å²) in [4.78, 5) is 23.2. The number of rotatable bonds is 5. The summed E-state index contributed by atoms with van der Waals surface area (Å²) in [6.07, 6.45) is -0.954. The molecule has 0 heterocycles. The van der Waals surface area contributed by atoms with Crippen LogP contribution in [0, 0.1) is 0 Å². The molecule has 3 rings (SSSR count). The van der Waals surface area contributed by atoms with Crippen LogP contribution in [0.3, 0.4) is 0 Å². The number of benzene rings is 2. The van der Waals surface area contributed by atoms with Crippen LogP contribution >= 0.6 is 0 Å². The lowest BCUT2D eigenvalue weighted by molar-refractivity contribution is -0.142. The molecule has 0 radical (unpaired) electrons. The first kappa shape index (κ1) is 17.9. The van der Waals surface area contributed by atoms with E-state index in [-0.39, 0.29) is 12.5 Å². The van der Waals surface area contributed by atoms with Gasteiger partial charge in [-0.1, -0.05) is 48.5 Å². The van der Waals surface area contributed by atoms with Gasteiger partial charge in [-0.3, -0.25) is 0 Å². The first-order valence-electron chi connectivity index (χ1n) is 8.32. The Bertz CT molecular complexity index is 798. The molecule has 2 aromatic rings. The fourth-order valence-corrected chi connectivity index (χ4v) is 3.28. The quantitative estimate of drug-likeness (QED) is 0.855. The number of alkyl carbamates (subject to hydrolysis) is 1. The number of hydrogen-bond donors (Lipinski definition) is 2. The molecule has 0 spiro atoms. The van der Waals surface area contributed by atoms with E-state index in [4.69, 9.17) is 9.84 Å². The van der Waals surface area contributed by atoms with Crippen molar-refractivity contribution in [2.24, 2.45) is 0 Å². The van der Waals surface area contributed by atoms with E-state index in [0.717, 1.165) is 36.1 Å². The molecule has 0 fully saturated rings. The molecule has 1 amide bonds. The van der Waals surface area contributed by atoms with E-state index in [1.54, 1.807) is 0 Å². The molecule has 2 N–H and O–H groups in total. The Hall–Kier alpha value is -2.89. The van der Waals surface area contributed by atoms with E-state index in [1.165, 1.54) is 0 Å². The first-order chi connectivity index (χ1) is 12.3. The van der Waals surface area contributed by atoms with Gasteiger partial charge in [0.15, 0.2) is 6.04 Å². The van der Waals surface area contributed by atoms with Crippen LogP contribution < -0.4 is 5.32 Å². The van der Waals surface area contributed by atoms with Crippen molar-refractivity contribution in [2.75, 3.05) is 6.61 Å². The fourth-order valence-electron chi connectivity index (χ4n) is 3.28. The molecule has 6 heteroatoms. The minimum Gasteiger partial charge on any atom is -0.480 e. The van der Waals surface area contributed by atoms with Crippen LogP contribution in [0.2, 0.25) is 0 Å². The lowest BCUT2D eigenvalue weighted by Crippen LogP contribution is -2.52. The van der Waals surface area contributed by atoms with Gasteiger partial charge in [-0.05, 0) is 36.1 Å². The summed E-state index contributed by atoms with van der Waals surface area (Å²) in [7, 11) is 0. The van der Waals surface area contributed by atoms with Crippen LogP contribution in [0.15, 0.2) is 48.5 Å². The van der Waals surface area contributed by atoms with Crippen LogP contribution in [-0.4, -0.2) is 35.5 Å². The Labute approximate surface area is 150 Å². The highest BCUT2D eigenvalue weighted by Gasteiger charge is 2.37. The summed E-state index contributed by atoms with van der Waals surface area (Å²) >= 11 is 0. The summed E-state index contributed by atoms with van der Waals surface area (Å²) < 4.78 is 19.2. The molecule has 0 aliphatic heterocycles. The van der Waals surface area contributed by atoms with Gasteiger partial charge in [-0.25, -0.2) is 14.0 Å². The van der Waals surface area contributed by atoms with E-state index in [1.807, 2.05) is 48.5 Å². The Morgan fingerprint density at radius 3 is 2.08 bits per heavy atom. The number of nitrogens with one attached hydrogen (secondary N) is 1.